The van der Waals surface area contributed by atoms with E-state index in [-0.39, 0.29) is 6.04 Å². The minimum Gasteiger partial charge on any atom is -0.501 e. The van der Waals surface area contributed by atoms with Gasteiger partial charge >= 0.3 is 0 Å². The first kappa shape index (κ1) is 19.3. The fraction of sp³-hybridized carbons (Fsp3) is 0.238. The molecule has 1 aliphatic rings. The van der Waals surface area contributed by atoms with Gasteiger partial charge in [0.05, 0.1) is 49.2 Å². The van der Waals surface area contributed by atoms with Gasteiger partial charge in [-0.2, -0.15) is 9.97 Å². The number of nitrogens with zero attached hydrogens (tertiary/aromatic N) is 5. The number of rotatable bonds is 6. The summed E-state index contributed by atoms with van der Waals surface area (Å²) in [6.07, 6.45) is 8.30. The largest absolute Gasteiger partial charge is 0.501 e. The fourth-order valence-corrected chi connectivity index (χ4v) is 4.05. The molecule has 0 bridgehead atoms. The number of benzene rings is 1. The highest BCUT2D eigenvalue weighted by atomic mass is 32.1. The molecule has 0 saturated heterocycles. The number of thiazole rings is 1. The molecule has 2 N–H and O–H groups in total. The van der Waals surface area contributed by atoms with Crippen molar-refractivity contribution in [1.29, 1.82) is 0 Å². The van der Waals surface area contributed by atoms with E-state index < -0.39 is 0 Å². The van der Waals surface area contributed by atoms with Gasteiger partial charge in [0.1, 0.15) is 10.4 Å². The summed E-state index contributed by atoms with van der Waals surface area (Å²) >= 11 is 1.51. The van der Waals surface area contributed by atoms with Crippen LogP contribution in [0, 0.1) is 6.92 Å². The first-order valence-corrected chi connectivity index (χ1v) is 10.7. The van der Waals surface area contributed by atoms with Crippen molar-refractivity contribution in [3.05, 3.63) is 54.3 Å². The minimum absolute atomic E-state index is 0.153. The fourth-order valence-electron chi connectivity index (χ4n) is 3.37. The smallest absolute Gasteiger partial charge is 0.231 e. The second kappa shape index (κ2) is 8.23. The molecule has 31 heavy (non-hydrogen) atoms. The summed E-state index contributed by atoms with van der Waals surface area (Å²) in [5.74, 6) is 1.93. The van der Waals surface area contributed by atoms with Crippen LogP contribution in [-0.4, -0.2) is 44.3 Å². The minimum atomic E-state index is 0.153. The topological polar surface area (TPSA) is 99.0 Å². The van der Waals surface area contributed by atoms with Crippen molar-refractivity contribution >= 4 is 39.1 Å². The molecule has 1 atom stereocenters. The molecule has 158 valence electrons. The van der Waals surface area contributed by atoms with E-state index in [1.807, 2.05) is 42.0 Å². The van der Waals surface area contributed by atoms with E-state index in [9.17, 15) is 0 Å². The average Bonchev–Trinajstić information content (AvgIpc) is 3.43. The summed E-state index contributed by atoms with van der Waals surface area (Å²) in [6.45, 7) is 2.63. The Morgan fingerprint density at radius 2 is 2.19 bits per heavy atom. The number of aryl methyl sites for hydroxylation is 1. The Bertz CT molecular complexity index is 1250. The molecule has 0 fully saturated rings. The van der Waals surface area contributed by atoms with Gasteiger partial charge in [0.25, 0.3) is 0 Å². The summed E-state index contributed by atoms with van der Waals surface area (Å²) in [7, 11) is 1.65. The lowest BCUT2D eigenvalue weighted by atomic mass is 10.2. The highest BCUT2D eigenvalue weighted by Crippen LogP contribution is 2.30. The Balaban J connectivity index is 1.44. The van der Waals surface area contributed by atoms with Gasteiger partial charge in [-0.3, -0.25) is 0 Å². The molecule has 5 rings (SSSR count). The Labute approximate surface area is 182 Å². The lowest BCUT2D eigenvalue weighted by Gasteiger charge is -2.19. The third-order valence-corrected chi connectivity index (χ3v) is 5.72. The van der Waals surface area contributed by atoms with E-state index in [4.69, 9.17) is 14.5 Å². The Morgan fingerprint density at radius 3 is 2.97 bits per heavy atom. The molecule has 0 aliphatic carbocycles. The predicted octanol–water partition coefficient (Wildman–Crippen LogP) is 4.05. The first-order valence-electron chi connectivity index (χ1n) is 9.81. The van der Waals surface area contributed by atoms with E-state index in [0.29, 0.717) is 24.0 Å². The number of hydrogen-bond donors (Lipinski definition) is 2. The van der Waals surface area contributed by atoms with Crippen molar-refractivity contribution in [3.63, 3.8) is 0 Å². The highest BCUT2D eigenvalue weighted by Gasteiger charge is 2.16. The SMILES string of the molecule is COc1cc(Nc2nc(NC3C=COCC3)c3scnc3n2)ccc1-n1cnc(C)c1. The van der Waals surface area contributed by atoms with Crippen LogP contribution in [0.1, 0.15) is 12.1 Å². The molecule has 10 heteroatoms. The molecule has 1 aliphatic heterocycles. The molecular formula is C21H21N7O2S. The normalized spacial score (nSPS) is 15.6. The van der Waals surface area contributed by atoms with Crippen LogP contribution in [0.2, 0.25) is 0 Å². The predicted molar refractivity (Wildman–Crippen MR) is 120 cm³/mol. The third kappa shape index (κ3) is 4.02. The van der Waals surface area contributed by atoms with Crippen molar-refractivity contribution in [2.24, 2.45) is 0 Å². The van der Waals surface area contributed by atoms with Gasteiger partial charge in [0.2, 0.25) is 5.95 Å². The number of anilines is 3. The third-order valence-electron chi connectivity index (χ3n) is 4.89. The van der Waals surface area contributed by atoms with E-state index in [1.165, 1.54) is 11.3 Å². The van der Waals surface area contributed by atoms with Crippen molar-refractivity contribution in [1.82, 2.24) is 24.5 Å². The van der Waals surface area contributed by atoms with E-state index in [0.717, 1.165) is 34.0 Å². The highest BCUT2D eigenvalue weighted by molar-refractivity contribution is 7.17. The maximum Gasteiger partial charge on any atom is 0.231 e. The van der Waals surface area contributed by atoms with Gasteiger partial charge in [-0.05, 0) is 25.1 Å². The first-order chi connectivity index (χ1) is 15.2. The summed E-state index contributed by atoms with van der Waals surface area (Å²) in [5.41, 5.74) is 5.08. The molecule has 0 saturated carbocycles. The van der Waals surface area contributed by atoms with Gasteiger partial charge in [-0.15, -0.1) is 11.3 Å². The van der Waals surface area contributed by atoms with E-state index >= 15 is 0 Å². The molecule has 9 nitrogen and oxygen atoms in total. The second-order valence-corrected chi connectivity index (χ2v) is 7.93. The Hall–Kier alpha value is -3.66. The number of imidazole rings is 1. The number of nitrogens with one attached hydrogen (secondary N) is 2. The summed E-state index contributed by atoms with van der Waals surface area (Å²) in [5, 5.41) is 6.75. The van der Waals surface area contributed by atoms with E-state index in [1.54, 1.807) is 25.2 Å². The van der Waals surface area contributed by atoms with E-state index in [2.05, 4.69) is 25.6 Å². The van der Waals surface area contributed by atoms with Crippen LogP contribution in [0.15, 0.2) is 48.6 Å². The molecule has 1 aromatic carbocycles. The van der Waals surface area contributed by atoms with Gasteiger partial charge in [-0.1, -0.05) is 0 Å². The van der Waals surface area contributed by atoms with Crippen molar-refractivity contribution in [3.8, 4) is 11.4 Å². The summed E-state index contributed by atoms with van der Waals surface area (Å²) in [6, 6.07) is 5.99. The second-order valence-electron chi connectivity index (χ2n) is 7.07. The quantitative estimate of drug-likeness (QED) is 0.468. The van der Waals surface area contributed by atoms with Crippen LogP contribution in [0.5, 0.6) is 5.75 Å². The summed E-state index contributed by atoms with van der Waals surface area (Å²) < 4.78 is 13.7. The molecular weight excluding hydrogens is 414 g/mol. The molecule has 0 radical (unpaired) electrons. The molecule has 1 unspecified atom stereocenters. The standard InChI is InChI=1S/C21H21N7O2S/c1-13-10-28(11-22-13)16-4-3-15(9-17(16)29-2)25-21-26-19-18(31-12-23-19)20(27-21)24-14-5-7-30-8-6-14/h3-5,7,9-12,14H,6,8H2,1-2H3,(H2,24,25,26,27). The molecule has 4 heterocycles. The zero-order chi connectivity index (χ0) is 21.2. The maximum atomic E-state index is 5.60. The Kier molecular flexibility index (Phi) is 5.13. The monoisotopic (exact) mass is 435 g/mol. The summed E-state index contributed by atoms with van der Waals surface area (Å²) in [4.78, 5) is 17.9. The van der Waals surface area contributed by atoms with Gasteiger partial charge in [0.15, 0.2) is 11.5 Å². The molecule has 0 spiro atoms. The number of methoxy groups -OCH3 is 1. The maximum absolute atomic E-state index is 5.60. The van der Waals surface area contributed by atoms with Crippen LogP contribution in [-0.2, 0) is 4.74 Å². The Morgan fingerprint density at radius 1 is 1.26 bits per heavy atom. The van der Waals surface area contributed by atoms with Gasteiger partial charge in [-0.25, -0.2) is 9.97 Å². The van der Waals surface area contributed by atoms with Crippen molar-refractivity contribution in [2.75, 3.05) is 24.4 Å². The van der Waals surface area contributed by atoms with Gasteiger partial charge < -0.3 is 24.7 Å². The number of hydrogen-bond acceptors (Lipinski definition) is 9. The van der Waals surface area contributed by atoms with Crippen LogP contribution >= 0.6 is 11.3 Å². The molecule has 0 amide bonds. The van der Waals surface area contributed by atoms with Crippen molar-refractivity contribution in [2.45, 2.75) is 19.4 Å². The van der Waals surface area contributed by atoms with Crippen molar-refractivity contribution < 1.29 is 9.47 Å². The number of ether oxygens (including phenoxy) is 2. The zero-order valence-corrected chi connectivity index (χ0v) is 17.9. The lowest BCUT2D eigenvalue weighted by molar-refractivity contribution is 0.226. The lowest BCUT2D eigenvalue weighted by Crippen LogP contribution is -2.22. The van der Waals surface area contributed by atoms with Gasteiger partial charge in [0, 0.05) is 24.4 Å². The molecule has 4 aromatic rings. The zero-order valence-electron chi connectivity index (χ0n) is 17.1. The van der Waals surface area contributed by atoms with Crippen LogP contribution in [0.4, 0.5) is 17.5 Å². The molecule has 3 aromatic heterocycles. The number of fused-ring (bicyclic) bond motifs is 1. The van der Waals surface area contributed by atoms with Crippen LogP contribution < -0.4 is 15.4 Å². The van der Waals surface area contributed by atoms with Crippen LogP contribution in [0.25, 0.3) is 16.0 Å². The van der Waals surface area contributed by atoms with Crippen LogP contribution in [0.3, 0.4) is 0 Å². The average molecular weight is 436 g/mol. The number of aromatic nitrogens is 5.